The van der Waals surface area contributed by atoms with Crippen LogP contribution >= 0.6 is 0 Å². The summed E-state index contributed by atoms with van der Waals surface area (Å²) in [5.74, 6) is -0.504. The number of rotatable bonds is 1. The van der Waals surface area contributed by atoms with E-state index in [1.165, 1.54) is 18.7 Å². The Bertz CT molecular complexity index is 213. The summed E-state index contributed by atoms with van der Waals surface area (Å²) in [6.45, 7) is 0. The molecule has 0 aliphatic rings. The topological polar surface area (TPSA) is 68.9 Å². The fraction of sp³-hybridized carbons (Fsp3) is 0. The zero-order chi connectivity index (χ0) is 6.69. The van der Waals surface area contributed by atoms with Crippen LogP contribution in [0.15, 0.2) is 18.7 Å². The van der Waals surface area contributed by atoms with Crippen LogP contribution in [0.4, 0.5) is 0 Å². The summed E-state index contributed by atoms with van der Waals surface area (Å²) in [4.78, 5) is 17.5. The molecule has 1 aromatic heterocycles. The second-order valence-electron chi connectivity index (χ2n) is 1.49. The van der Waals surface area contributed by atoms with Crippen LogP contribution in [0.3, 0.4) is 0 Å². The third-order valence-corrected chi connectivity index (χ3v) is 0.845. The van der Waals surface area contributed by atoms with Crippen LogP contribution in [0.25, 0.3) is 0 Å². The molecule has 0 saturated heterocycles. The monoisotopic (exact) mass is 163 g/mol. The average molecular weight is 163 g/mol. The van der Waals surface area contributed by atoms with E-state index in [4.69, 9.17) is 5.73 Å². The molecule has 2 N–H and O–H groups in total. The molecule has 0 saturated carbocycles. The van der Waals surface area contributed by atoms with Gasteiger partial charge in [-0.2, -0.15) is 0 Å². The van der Waals surface area contributed by atoms with E-state index in [9.17, 15) is 4.79 Å². The van der Waals surface area contributed by atoms with Crippen molar-refractivity contribution in [1.29, 1.82) is 0 Å². The van der Waals surface area contributed by atoms with Crippen LogP contribution in [0, 0.1) is 0 Å². The van der Waals surface area contributed by atoms with Gasteiger partial charge in [0.1, 0.15) is 6.33 Å². The number of carbonyl (C=O) groups is 1. The summed E-state index contributed by atoms with van der Waals surface area (Å²) >= 11 is 0. The van der Waals surface area contributed by atoms with Gasteiger partial charge in [0.2, 0.25) is 0 Å². The Balaban J connectivity index is 0.000000810. The van der Waals surface area contributed by atoms with E-state index in [0.717, 1.165) is 0 Å². The first-order valence-electron chi connectivity index (χ1n) is 2.35. The van der Waals surface area contributed by atoms with Crippen LogP contribution in [0.5, 0.6) is 0 Å². The van der Waals surface area contributed by atoms with Gasteiger partial charge in [0, 0.05) is 12.4 Å². The molecular formula is C5H6KN3O. The molecule has 1 aromatic rings. The molecule has 0 bridgehead atoms. The molecule has 1 heterocycles. The predicted molar refractivity (Wildman–Crippen MR) is 37.7 cm³/mol. The van der Waals surface area contributed by atoms with Gasteiger partial charge in [0.25, 0.3) is 5.91 Å². The predicted octanol–water partition coefficient (Wildman–Crippen LogP) is -1.07. The minimum atomic E-state index is -0.504. The van der Waals surface area contributed by atoms with Crippen molar-refractivity contribution in [1.82, 2.24) is 9.97 Å². The molecule has 1 amide bonds. The first kappa shape index (κ1) is 10.2. The molecular weight excluding hydrogens is 157 g/mol. The van der Waals surface area contributed by atoms with E-state index in [1.807, 2.05) is 0 Å². The van der Waals surface area contributed by atoms with E-state index in [0.29, 0.717) is 5.56 Å². The maximum absolute atomic E-state index is 10.3. The maximum atomic E-state index is 10.3. The van der Waals surface area contributed by atoms with Crippen molar-refractivity contribution in [3.8, 4) is 0 Å². The van der Waals surface area contributed by atoms with Gasteiger partial charge in [-0.25, -0.2) is 9.97 Å². The molecule has 0 radical (unpaired) electrons. The zero-order valence-corrected chi connectivity index (χ0v) is 4.61. The van der Waals surface area contributed by atoms with Crippen molar-refractivity contribution in [2.24, 2.45) is 5.73 Å². The van der Waals surface area contributed by atoms with Crippen molar-refractivity contribution in [3.05, 3.63) is 24.3 Å². The Labute approximate surface area is 101 Å². The first-order chi connectivity index (χ1) is 4.30. The van der Waals surface area contributed by atoms with E-state index >= 15 is 0 Å². The fourth-order valence-electron chi connectivity index (χ4n) is 0.426. The summed E-state index contributed by atoms with van der Waals surface area (Å²) in [6, 6.07) is 0. The van der Waals surface area contributed by atoms with Gasteiger partial charge < -0.3 is 5.73 Å². The normalized spacial score (nSPS) is 8.00. The molecule has 4 nitrogen and oxygen atoms in total. The fourth-order valence-corrected chi connectivity index (χ4v) is 0.426. The zero-order valence-electron chi connectivity index (χ0n) is 4.61. The van der Waals surface area contributed by atoms with Gasteiger partial charge in [0.05, 0.1) is 5.56 Å². The molecule has 0 aliphatic heterocycles. The van der Waals surface area contributed by atoms with Gasteiger partial charge in [-0.3, -0.25) is 4.79 Å². The average Bonchev–Trinajstić information content (AvgIpc) is 1.90. The van der Waals surface area contributed by atoms with E-state index in [-0.39, 0.29) is 51.4 Å². The molecule has 1 rings (SSSR count). The van der Waals surface area contributed by atoms with Crippen LogP contribution in [-0.2, 0) is 0 Å². The molecule has 10 heavy (non-hydrogen) atoms. The first-order valence-corrected chi connectivity index (χ1v) is 2.35. The Morgan fingerprint density at radius 1 is 1.40 bits per heavy atom. The summed E-state index contributed by atoms with van der Waals surface area (Å²) in [6.07, 6.45) is 4.08. The quantitative estimate of drug-likeness (QED) is 0.536. The standard InChI is InChI=1S/C5H5N3O.K.H/c6-5(9)4-1-7-3-8-2-4;;/h1-3H,(H2,6,9);;. The van der Waals surface area contributed by atoms with Crippen molar-refractivity contribution >= 4 is 57.3 Å². The van der Waals surface area contributed by atoms with Crippen molar-refractivity contribution in [3.63, 3.8) is 0 Å². The molecule has 0 aliphatic carbocycles. The number of nitrogens with two attached hydrogens (primary N) is 1. The summed E-state index contributed by atoms with van der Waals surface area (Å²) in [5, 5.41) is 0. The molecule has 0 atom stereocenters. The van der Waals surface area contributed by atoms with E-state index in [1.54, 1.807) is 0 Å². The molecule has 0 unspecified atom stereocenters. The number of carbonyl (C=O) groups excluding carboxylic acids is 1. The molecule has 0 fully saturated rings. The van der Waals surface area contributed by atoms with Gasteiger partial charge in [0.15, 0.2) is 0 Å². The summed E-state index contributed by atoms with van der Waals surface area (Å²) < 4.78 is 0. The Hall–Kier alpha value is 0.186. The second-order valence-corrected chi connectivity index (χ2v) is 1.49. The number of amides is 1. The Morgan fingerprint density at radius 2 is 1.90 bits per heavy atom. The third kappa shape index (κ3) is 2.85. The van der Waals surface area contributed by atoms with Gasteiger partial charge in [-0.1, -0.05) is 0 Å². The number of hydrogen-bond donors (Lipinski definition) is 1. The molecule has 5 heteroatoms. The molecule has 0 spiro atoms. The van der Waals surface area contributed by atoms with Crippen molar-refractivity contribution in [2.45, 2.75) is 0 Å². The minimum absolute atomic E-state index is 0. The van der Waals surface area contributed by atoms with Crippen LogP contribution in [0.1, 0.15) is 10.4 Å². The number of nitrogens with zero attached hydrogens (tertiary/aromatic N) is 2. The number of primary amides is 1. The molecule has 48 valence electrons. The van der Waals surface area contributed by atoms with Gasteiger partial charge >= 0.3 is 51.4 Å². The summed E-state index contributed by atoms with van der Waals surface area (Å²) in [5.41, 5.74) is 5.23. The van der Waals surface area contributed by atoms with Crippen LogP contribution in [-0.4, -0.2) is 67.3 Å². The van der Waals surface area contributed by atoms with Gasteiger partial charge in [-0.05, 0) is 0 Å². The van der Waals surface area contributed by atoms with Crippen LogP contribution < -0.4 is 5.73 Å². The second kappa shape index (κ2) is 4.92. The van der Waals surface area contributed by atoms with E-state index < -0.39 is 5.91 Å². The third-order valence-electron chi connectivity index (χ3n) is 0.845. The van der Waals surface area contributed by atoms with Crippen molar-refractivity contribution < 1.29 is 4.79 Å². The number of aromatic nitrogens is 2. The number of hydrogen-bond acceptors (Lipinski definition) is 3. The molecule has 0 aromatic carbocycles. The van der Waals surface area contributed by atoms with E-state index in [2.05, 4.69) is 9.97 Å². The SMILES string of the molecule is NC(=O)c1cncnc1.[KH]. The Morgan fingerprint density at radius 3 is 2.20 bits per heavy atom. The van der Waals surface area contributed by atoms with Crippen molar-refractivity contribution in [2.75, 3.05) is 0 Å². The Kier molecular flexibility index (Phi) is 5.01. The van der Waals surface area contributed by atoms with Crippen LogP contribution in [0.2, 0.25) is 0 Å². The summed E-state index contributed by atoms with van der Waals surface area (Å²) in [7, 11) is 0. The van der Waals surface area contributed by atoms with Gasteiger partial charge in [-0.15, -0.1) is 0 Å².